The number of amides is 1. The van der Waals surface area contributed by atoms with Gasteiger partial charge < -0.3 is 10.1 Å². The lowest BCUT2D eigenvalue weighted by molar-refractivity contribution is 0.0924. The van der Waals surface area contributed by atoms with Crippen LogP contribution >= 0.6 is 11.6 Å². The molecule has 2 aromatic rings. The fourth-order valence-corrected chi connectivity index (χ4v) is 3.49. The van der Waals surface area contributed by atoms with Gasteiger partial charge in [-0.25, -0.2) is 8.42 Å². The summed E-state index contributed by atoms with van der Waals surface area (Å²) in [6, 6.07) is 11.4. The van der Waals surface area contributed by atoms with E-state index in [0.717, 1.165) is 17.6 Å². The molecule has 0 spiro atoms. The Bertz CT molecular complexity index is 895. The van der Waals surface area contributed by atoms with Crippen molar-refractivity contribution in [3.8, 4) is 5.75 Å². The summed E-state index contributed by atoms with van der Waals surface area (Å²) in [5.41, 5.74) is 1.04. The van der Waals surface area contributed by atoms with Crippen LogP contribution in [-0.2, 0) is 9.84 Å². The number of halogens is 1. The molecule has 24 heavy (non-hydrogen) atoms. The molecule has 0 saturated heterocycles. The molecule has 0 aliphatic carbocycles. The van der Waals surface area contributed by atoms with Gasteiger partial charge in [-0.3, -0.25) is 4.79 Å². The van der Waals surface area contributed by atoms with Crippen LogP contribution in [-0.4, -0.2) is 27.2 Å². The smallest absolute Gasteiger partial charge is 0.253 e. The maximum atomic E-state index is 12.6. The van der Waals surface area contributed by atoms with Gasteiger partial charge in [0.15, 0.2) is 9.84 Å². The van der Waals surface area contributed by atoms with Gasteiger partial charge in [0.25, 0.3) is 5.91 Å². The zero-order valence-corrected chi connectivity index (χ0v) is 14.5. The van der Waals surface area contributed by atoms with Crippen molar-refractivity contribution in [2.45, 2.75) is 17.4 Å². The first-order valence-electron chi connectivity index (χ1n) is 7.38. The van der Waals surface area contributed by atoms with Crippen molar-refractivity contribution < 1.29 is 17.9 Å². The fourth-order valence-electron chi connectivity index (χ4n) is 2.64. The van der Waals surface area contributed by atoms with Gasteiger partial charge in [-0.1, -0.05) is 29.8 Å². The van der Waals surface area contributed by atoms with Crippen LogP contribution in [0, 0.1) is 0 Å². The van der Waals surface area contributed by atoms with Crippen molar-refractivity contribution in [1.29, 1.82) is 0 Å². The van der Waals surface area contributed by atoms with Crippen LogP contribution in [0.3, 0.4) is 0 Å². The van der Waals surface area contributed by atoms with Crippen molar-refractivity contribution in [2.75, 3.05) is 12.9 Å². The van der Waals surface area contributed by atoms with Crippen LogP contribution in [0.5, 0.6) is 5.75 Å². The van der Waals surface area contributed by atoms with Crippen LogP contribution in [0.15, 0.2) is 47.4 Å². The van der Waals surface area contributed by atoms with Crippen LogP contribution in [0.4, 0.5) is 0 Å². The van der Waals surface area contributed by atoms with E-state index in [-0.39, 0.29) is 21.5 Å². The Morgan fingerprint density at radius 3 is 2.75 bits per heavy atom. The summed E-state index contributed by atoms with van der Waals surface area (Å²) in [5.74, 6) is 0.331. The van der Waals surface area contributed by atoms with E-state index >= 15 is 0 Å². The summed E-state index contributed by atoms with van der Waals surface area (Å²) in [5, 5.41) is 3.12. The minimum Gasteiger partial charge on any atom is -0.493 e. The fraction of sp³-hybridized carbons (Fsp3) is 0.235. The van der Waals surface area contributed by atoms with E-state index in [4.69, 9.17) is 16.3 Å². The summed E-state index contributed by atoms with van der Waals surface area (Å²) < 4.78 is 28.9. The van der Waals surface area contributed by atoms with E-state index in [1.54, 1.807) is 0 Å². The lowest BCUT2D eigenvalue weighted by Gasteiger charge is -2.26. The Morgan fingerprint density at radius 2 is 2.00 bits per heavy atom. The molecular weight excluding hydrogens is 350 g/mol. The summed E-state index contributed by atoms with van der Waals surface area (Å²) in [6.45, 7) is 0.499. The Balaban J connectivity index is 1.89. The van der Waals surface area contributed by atoms with Gasteiger partial charge in [-0.2, -0.15) is 0 Å². The number of hydrogen-bond acceptors (Lipinski definition) is 4. The average Bonchev–Trinajstić information content (AvgIpc) is 2.54. The van der Waals surface area contributed by atoms with E-state index in [1.807, 2.05) is 24.3 Å². The summed E-state index contributed by atoms with van der Waals surface area (Å²) in [6.07, 6.45) is 1.72. The van der Waals surface area contributed by atoms with Crippen LogP contribution in [0.25, 0.3) is 0 Å². The molecule has 0 fully saturated rings. The number of benzene rings is 2. The van der Waals surface area contributed by atoms with Gasteiger partial charge in [0, 0.05) is 18.2 Å². The third kappa shape index (κ3) is 3.39. The second kappa shape index (κ2) is 6.45. The maximum absolute atomic E-state index is 12.6. The lowest BCUT2D eigenvalue weighted by Crippen LogP contribution is -2.32. The van der Waals surface area contributed by atoms with Gasteiger partial charge in [-0.15, -0.1) is 0 Å². The van der Waals surface area contributed by atoms with Crippen molar-refractivity contribution in [2.24, 2.45) is 0 Å². The molecule has 1 aliphatic rings. The average molecular weight is 366 g/mol. The first kappa shape index (κ1) is 16.8. The highest BCUT2D eigenvalue weighted by Gasteiger charge is 2.24. The Morgan fingerprint density at radius 1 is 1.25 bits per heavy atom. The first-order chi connectivity index (χ1) is 11.4. The Labute approximate surface area is 145 Å². The summed E-state index contributed by atoms with van der Waals surface area (Å²) >= 11 is 6.08. The largest absolute Gasteiger partial charge is 0.493 e. The molecule has 2 aromatic carbocycles. The zero-order chi connectivity index (χ0) is 17.3. The van der Waals surface area contributed by atoms with E-state index in [2.05, 4.69) is 5.32 Å². The molecule has 5 nitrogen and oxygen atoms in total. The molecule has 1 heterocycles. The molecule has 7 heteroatoms. The molecule has 0 radical (unpaired) electrons. The number of carbonyl (C=O) groups excluding carboxylic acids is 1. The summed E-state index contributed by atoms with van der Waals surface area (Å²) in [4.78, 5) is 12.7. The molecule has 0 bridgehead atoms. The van der Waals surface area contributed by atoms with Gasteiger partial charge >= 0.3 is 0 Å². The molecule has 1 aliphatic heterocycles. The number of nitrogens with one attached hydrogen (secondary N) is 1. The number of fused-ring (bicyclic) bond motifs is 1. The molecule has 1 N–H and O–H groups in total. The van der Waals surface area contributed by atoms with Crippen LogP contribution < -0.4 is 10.1 Å². The van der Waals surface area contributed by atoms with Crippen molar-refractivity contribution >= 4 is 27.3 Å². The maximum Gasteiger partial charge on any atom is 0.253 e. The van der Waals surface area contributed by atoms with Crippen molar-refractivity contribution in [3.05, 3.63) is 58.6 Å². The topological polar surface area (TPSA) is 72.5 Å². The molecule has 1 atom stereocenters. The van der Waals surface area contributed by atoms with Gasteiger partial charge in [0.1, 0.15) is 5.75 Å². The van der Waals surface area contributed by atoms with Crippen molar-refractivity contribution in [1.82, 2.24) is 5.32 Å². The number of ether oxygens (including phenoxy) is 1. The number of sulfone groups is 1. The van der Waals surface area contributed by atoms with E-state index in [9.17, 15) is 13.2 Å². The Kier molecular flexibility index (Phi) is 4.51. The summed E-state index contributed by atoms with van der Waals surface area (Å²) in [7, 11) is -3.42. The number of carbonyl (C=O) groups is 1. The lowest BCUT2D eigenvalue weighted by atomic mass is 10.00. The highest BCUT2D eigenvalue weighted by molar-refractivity contribution is 7.90. The molecule has 0 aromatic heterocycles. The zero-order valence-electron chi connectivity index (χ0n) is 13.0. The second-order valence-electron chi connectivity index (χ2n) is 5.61. The standard InChI is InChI=1S/C17H16ClNO4S/c1-24(21,22)11-6-7-14(18)13(10-11)17(20)19-15-8-9-23-16-5-3-2-4-12(15)16/h2-7,10,15H,8-9H2,1H3,(H,19,20)/t15-/m1/s1. The molecule has 1 amide bonds. The molecule has 0 unspecified atom stereocenters. The van der Waals surface area contributed by atoms with Crippen molar-refractivity contribution in [3.63, 3.8) is 0 Å². The number of para-hydroxylation sites is 1. The van der Waals surface area contributed by atoms with E-state index < -0.39 is 15.7 Å². The first-order valence-corrected chi connectivity index (χ1v) is 9.65. The highest BCUT2D eigenvalue weighted by Crippen LogP contribution is 2.32. The third-order valence-corrected chi connectivity index (χ3v) is 5.31. The molecule has 0 saturated carbocycles. The monoisotopic (exact) mass is 365 g/mol. The SMILES string of the molecule is CS(=O)(=O)c1ccc(Cl)c(C(=O)N[C@@H]2CCOc3ccccc32)c1. The minimum atomic E-state index is -3.42. The minimum absolute atomic E-state index is 0.0597. The Hall–Kier alpha value is -2.05. The third-order valence-electron chi connectivity index (χ3n) is 3.87. The van der Waals surface area contributed by atoms with Gasteiger partial charge in [0.05, 0.1) is 28.1 Å². The molecule has 126 valence electrons. The predicted octanol–water partition coefficient (Wildman–Crippen LogP) is 3.00. The molecular formula is C17H16ClNO4S. The normalized spacial score (nSPS) is 16.8. The quantitative estimate of drug-likeness (QED) is 0.907. The number of rotatable bonds is 3. The molecule has 3 rings (SSSR count). The number of hydrogen-bond donors (Lipinski definition) is 1. The van der Waals surface area contributed by atoms with Crippen LogP contribution in [0.1, 0.15) is 28.4 Å². The van der Waals surface area contributed by atoms with Crippen LogP contribution in [0.2, 0.25) is 5.02 Å². The van der Waals surface area contributed by atoms with Gasteiger partial charge in [-0.05, 0) is 24.3 Å². The van der Waals surface area contributed by atoms with E-state index in [1.165, 1.54) is 18.2 Å². The van der Waals surface area contributed by atoms with E-state index in [0.29, 0.717) is 13.0 Å². The van der Waals surface area contributed by atoms with Gasteiger partial charge in [0.2, 0.25) is 0 Å². The second-order valence-corrected chi connectivity index (χ2v) is 8.04. The predicted molar refractivity (Wildman–Crippen MR) is 91.3 cm³/mol. The highest BCUT2D eigenvalue weighted by atomic mass is 35.5.